The van der Waals surface area contributed by atoms with Crippen LogP contribution in [0.1, 0.15) is 23.2 Å². The molecule has 5 heteroatoms. The maximum atomic E-state index is 13.6. The van der Waals surface area contributed by atoms with Crippen molar-refractivity contribution < 1.29 is 9.18 Å². The fourth-order valence-electron chi connectivity index (χ4n) is 3.00. The lowest BCUT2D eigenvalue weighted by Crippen LogP contribution is -2.41. The summed E-state index contributed by atoms with van der Waals surface area (Å²) in [5.41, 5.74) is 1.26. The van der Waals surface area contributed by atoms with E-state index in [0.717, 1.165) is 31.6 Å². The standard InChI is InChI=1S/C18H20FN3O/c19-17-6-2-1-5-16(17)18(23)21-12-14-4-3-11-22(13-14)15-7-9-20-10-8-15/h1-2,5-10,14H,3-4,11-13H2,(H,21,23). The molecule has 1 aromatic heterocycles. The second-order valence-corrected chi connectivity index (χ2v) is 5.85. The Labute approximate surface area is 135 Å². The van der Waals surface area contributed by atoms with Crippen molar-refractivity contribution >= 4 is 11.6 Å². The molecule has 1 fully saturated rings. The smallest absolute Gasteiger partial charge is 0.254 e. The zero-order chi connectivity index (χ0) is 16.1. The fourth-order valence-corrected chi connectivity index (χ4v) is 3.00. The number of pyridine rings is 1. The maximum Gasteiger partial charge on any atom is 0.254 e. The molecule has 0 aliphatic carbocycles. The van der Waals surface area contributed by atoms with E-state index in [2.05, 4.69) is 15.2 Å². The first-order chi connectivity index (χ1) is 11.2. The van der Waals surface area contributed by atoms with E-state index in [1.807, 2.05) is 12.1 Å². The van der Waals surface area contributed by atoms with Crippen LogP contribution in [0.2, 0.25) is 0 Å². The van der Waals surface area contributed by atoms with Crippen molar-refractivity contribution in [2.45, 2.75) is 12.8 Å². The van der Waals surface area contributed by atoms with Gasteiger partial charge in [0.05, 0.1) is 5.56 Å². The van der Waals surface area contributed by atoms with E-state index in [4.69, 9.17) is 0 Å². The highest BCUT2D eigenvalue weighted by atomic mass is 19.1. The third-order valence-electron chi connectivity index (χ3n) is 4.22. The third-order valence-corrected chi connectivity index (χ3v) is 4.22. The Hall–Kier alpha value is -2.43. The monoisotopic (exact) mass is 313 g/mol. The van der Waals surface area contributed by atoms with Gasteiger partial charge in [0, 0.05) is 37.7 Å². The second-order valence-electron chi connectivity index (χ2n) is 5.85. The number of hydrogen-bond acceptors (Lipinski definition) is 3. The van der Waals surface area contributed by atoms with Crippen LogP contribution in [0.4, 0.5) is 10.1 Å². The van der Waals surface area contributed by atoms with Gasteiger partial charge in [-0.25, -0.2) is 4.39 Å². The number of nitrogens with one attached hydrogen (secondary N) is 1. The van der Waals surface area contributed by atoms with Crippen molar-refractivity contribution in [3.05, 3.63) is 60.2 Å². The summed E-state index contributed by atoms with van der Waals surface area (Å²) in [5.74, 6) is -0.455. The van der Waals surface area contributed by atoms with Gasteiger partial charge in [0.15, 0.2) is 0 Å². The lowest BCUT2D eigenvalue weighted by atomic mass is 9.97. The molecular weight excluding hydrogens is 293 g/mol. The summed E-state index contributed by atoms with van der Waals surface area (Å²) in [6.45, 7) is 2.47. The number of nitrogens with zero attached hydrogens (tertiary/aromatic N) is 2. The van der Waals surface area contributed by atoms with Crippen LogP contribution in [-0.2, 0) is 0 Å². The van der Waals surface area contributed by atoms with E-state index in [1.54, 1.807) is 24.5 Å². The van der Waals surface area contributed by atoms with Gasteiger partial charge in [-0.15, -0.1) is 0 Å². The molecule has 4 nitrogen and oxygen atoms in total. The molecule has 0 radical (unpaired) electrons. The highest BCUT2D eigenvalue weighted by Gasteiger charge is 2.21. The number of benzene rings is 1. The molecule has 120 valence electrons. The lowest BCUT2D eigenvalue weighted by Gasteiger charge is -2.34. The minimum absolute atomic E-state index is 0.106. The maximum absolute atomic E-state index is 13.6. The summed E-state index contributed by atoms with van der Waals surface area (Å²) in [6, 6.07) is 10.1. The molecule has 1 N–H and O–H groups in total. The average molecular weight is 313 g/mol. The molecule has 1 aliphatic rings. The normalized spacial score (nSPS) is 17.8. The van der Waals surface area contributed by atoms with E-state index >= 15 is 0 Å². The Balaban J connectivity index is 1.56. The van der Waals surface area contributed by atoms with Crippen molar-refractivity contribution in [2.24, 2.45) is 5.92 Å². The number of piperidine rings is 1. The molecule has 1 amide bonds. The van der Waals surface area contributed by atoms with Gasteiger partial charge in [-0.05, 0) is 43.0 Å². The Kier molecular flexibility index (Phi) is 4.86. The summed E-state index contributed by atoms with van der Waals surface area (Å²) < 4.78 is 13.6. The van der Waals surface area contributed by atoms with E-state index in [0.29, 0.717) is 12.5 Å². The van der Waals surface area contributed by atoms with Crippen LogP contribution in [0.5, 0.6) is 0 Å². The second kappa shape index (κ2) is 7.22. The van der Waals surface area contributed by atoms with Gasteiger partial charge in [-0.3, -0.25) is 9.78 Å². The van der Waals surface area contributed by atoms with Crippen LogP contribution in [0, 0.1) is 11.7 Å². The first-order valence-corrected chi connectivity index (χ1v) is 7.92. The molecule has 1 unspecified atom stereocenters. The predicted octanol–water partition coefficient (Wildman–Crippen LogP) is 2.87. The summed E-state index contributed by atoms with van der Waals surface area (Å²) >= 11 is 0. The minimum Gasteiger partial charge on any atom is -0.371 e. The summed E-state index contributed by atoms with van der Waals surface area (Å²) in [4.78, 5) is 18.4. The van der Waals surface area contributed by atoms with Gasteiger partial charge in [-0.1, -0.05) is 12.1 Å². The Morgan fingerprint density at radius 2 is 2.04 bits per heavy atom. The van der Waals surface area contributed by atoms with Crippen LogP contribution < -0.4 is 10.2 Å². The number of amides is 1. The van der Waals surface area contributed by atoms with E-state index in [9.17, 15) is 9.18 Å². The topological polar surface area (TPSA) is 45.2 Å². The van der Waals surface area contributed by atoms with Crippen LogP contribution in [0.25, 0.3) is 0 Å². The Morgan fingerprint density at radius 1 is 1.26 bits per heavy atom. The Bertz CT molecular complexity index is 662. The number of rotatable bonds is 4. The van der Waals surface area contributed by atoms with Gasteiger partial charge < -0.3 is 10.2 Å². The van der Waals surface area contributed by atoms with Gasteiger partial charge in [0.1, 0.15) is 5.82 Å². The van der Waals surface area contributed by atoms with Crippen LogP contribution >= 0.6 is 0 Å². The molecule has 2 heterocycles. The van der Waals surface area contributed by atoms with E-state index < -0.39 is 5.82 Å². The molecule has 0 spiro atoms. The van der Waals surface area contributed by atoms with E-state index in [-0.39, 0.29) is 11.5 Å². The fraction of sp³-hybridized carbons (Fsp3) is 0.333. The van der Waals surface area contributed by atoms with Crippen molar-refractivity contribution in [3.63, 3.8) is 0 Å². The first kappa shape index (κ1) is 15.5. The molecular formula is C18H20FN3O. The van der Waals surface area contributed by atoms with Crippen LogP contribution in [-0.4, -0.2) is 30.5 Å². The van der Waals surface area contributed by atoms with Gasteiger partial charge >= 0.3 is 0 Å². The zero-order valence-corrected chi connectivity index (χ0v) is 12.9. The molecule has 3 rings (SSSR count). The molecule has 0 saturated carbocycles. The molecule has 1 aliphatic heterocycles. The number of carbonyl (C=O) groups excluding carboxylic acids is 1. The number of hydrogen-bond donors (Lipinski definition) is 1. The minimum atomic E-state index is -0.480. The van der Waals surface area contributed by atoms with Gasteiger partial charge in [0.25, 0.3) is 5.91 Å². The summed E-state index contributed by atoms with van der Waals surface area (Å²) in [6.07, 6.45) is 5.74. The van der Waals surface area contributed by atoms with Crippen molar-refractivity contribution in [1.29, 1.82) is 0 Å². The van der Waals surface area contributed by atoms with Crippen molar-refractivity contribution in [2.75, 3.05) is 24.5 Å². The van der Waals surface area contributed by atoms with E-state index in [1.165, 1.54) is 12.1 Å². The van der Waals surface area contributed by atoms with Crippen LogP contribution in [0.15, 0.2) is 48.8 Å². The lowest BCUT2D eigenvalue weighted by molar-refractivity contribution is 0.0941. The third kappa shape index (κ3) is 3.86. The SMILES string of the molecule is O=C(NCC1CCCN(c2ccncc2)C1)c1ccccc1F. The quantitative estimate of drug-likeness (QED) is 0.944. The van der Waals surface area contributed by atoms with Crippen molar-refractivity contribution in [1.82, 2.24) is 10.3 Å². The molecule has 1 atom stereocenters. The van der Waals surface area contributed by atoms with Gasteiger partial charge in [-0.2, -0.15) is 0 Å². The number of carbonyl (C=O) groups is 1. The summed E-state index contributed by atoms with van der Waals surface area (Å²) in [5, 5.41) is 2.86. The summed E-state index contributed by atoms with van der Waals surface area (Å²) in [7, 11) is 0. The molecule has 0 bridgehead atoms. The predicted molar refractivity (Wildman–Crippen MR) is 87.9 cm³/mol. The number of halogens is 1. The largest absolute Gasteiger partial charge is 0.371 e. The average Bonchev–Trinajstić information content (AvgIpc) is 2.61. The highest BCUT2D eigenvalue weighted by Crippen LogP contribution is 2.22. The number of aromatic nitrogens is 1. The van der Waals surface area contributed by atoms with Crippen LogP contribution in [0.3, 0.4) is 0 Å². The number of anilines is 1. The molecule has 2 aromatic rings. The zero-order valence-electron chi connectivity index (χ0n) is 12.9. The Morgan fingerprint density at radius 3 is 2.83 bits per heavy atom. The first-order valence-electron chi connectivity index (χ1n) is 7.92. The molecule has 23 heavy (non-hydrogen) atoms. The molecule has 1 aromatic carbocycles. The van der Waals surface area contributed by atoms with Crippen molar-refractivity contribution in [3.8, 4) is 0 Å². The highest BCUT2D eigenvalue weighted by molar-refractivity contribution is 5.94. The molecule has 1 saturated heterocycles. The van der Waals surface area contributed by atoms with Gasteiger partial charge in [0.2, 0.25) is 0 Å².